The van der Waals surface area contributed by atoms with Gasteiger partial charge in [0.2, 0.25) is 5.91 Å². The number of halogens is 1. The summed E-state index contributed by atoms with van der Waals surface area (Å²) in [5.74, 6) is 1.18. The molecule has 0 saturated carbocycles. The molecule has 39 heavy (non-hydrogen) atoms. The SMILES string of the molecule is C=CC(=O)N1CC([C@@H](C)c2ccc3ncnc(Nc4ccc(Oc5ccn6ncnc6c5)c(C)c4F)c3n2)C1. The summed E-state index contributed by atoms with van der Waals surface area (Å²) in [4.78, 5) is 31.2. The van der Waals surface area contributed by atoms with Crippen LogP contribution in [0, 0.1) is 18.7 Å². The Hall–Kier alpha value is -4.93. The van der Waals surface area contributed by atoms with Crippen LogP contribution in [0.1, 0.15) is 24.1 Å². The quantitative estimate of drug-likeness (QED) is 0.303. The molecule has 10 nitrogen and oxygen atoms in total. The maximum atomic E-state index is 15.5. The molecule has 1 N–H and O–H groups in total. The normalized spacial score (nSPS) is 14.3. The number of rotatable bonds is 7. The highest BCUT2D eigenvalue weighted by molar-refractivity contribution is 5.88. The number of hydrogen-bond acceptors (Lipinski definition) is 8. The van der Waals surface area contributed by atoms with Crippen LogP contribution in [0.2, 0.25) is 0 Å². The topological polar surface area (TPSA) is 110 Å². The molecule has 4 aromatic heterocycles. The number of nitrogens with one attached hydrogen (secondary N) is 1. The van der Waals surface area contributed by atoms with E-state index in [-0.39, 0.29) is 23.4 Å². The van der Waals surface area contributed by atoms with Gasteiger partial charge >= 0.3 is 0 Å². The maximum absolute atomic E-state index is 15.5. The molecule has 0 unspecified atom stereocenters. The number of pyridine rings is 2. The minimum Gasteiger partial charge on any atom is -0.457 e. The second-order valence-electron chi connectivity index (χ2n) is 9.52. The first-order chi connectivity index (χ1) is 18.9. The van der Waals surface area contributed by atoms with Gasteiger partial charge in [-0.3, -0.25) is 4.79 Å². The fourth-order valence-corrected chi connectivity index (χ4v) is 4.67. The first-order valence-corrected chi connectivity index (χ1v) is 12.5. The molecule has 0 bridgehead atoms. The molecule has 196 valence electrons. The summed E-state index contributed by atoms with van der Waals surface area (Å²) in [6.45, 7) is 8.62. The first kappa shape index (κ1) is 24.4. The number of ether oxygens (including phenoxy) is 1. The predicted molar refractivity (Wildman–Crippen MR) is 143 cm³/mol. The van der Waals surface area contributed by atoms with Crippen LogP contribution in [0.15, 0.2) is 67.9 Å². The lowest BCUT2D eigenvalue weighted by molar-refractivity contribution is -0.132. The number of aromatic nitrogens is 6. The van der Waals surface area contributed by atoms with E-state index in [1.807, 2.05) is 12.1 Å². The van der Waals surface area contributed by atoms with Gasteiger partial charge in [-0.1, -0.05) is 13.5 Å². The Labute approximate surface area is 223 Å². The summed E-state index contributed by atoms with van der Waals surface area (Å²) in [5.41, 5.74) is 3.25. The van der Waals surface area contributed by atoms with Crippen molar-refractivity contribution in [1.82, 2.24) is 34.4 Å². The molecule has 1 amide bonds. The zero-order valence-corrected chi connectivity index (χ0v) is 21.4. The van der Waals surface area contributed by atoms with Crippen molar-refractivity contribution in [1.29, 1.82) is 0 Å². The van der Waals surface area contributed by atoms with Gasteiger partial charge in [0.05, 0.1) is 11.2 Å². The number of nitrogens with zero attached hydrogens (tertiary/aromatic N) is 7. The van der Waals surface area contributed by atoms with Gasteiger partial charge in [0, 0.05) is 48.4 Å². The highest BCUT2D eigenvalue weighted by Gasteiger charge is 2.34. The average Bonchev–Trinajstić information content (AvgIpc) is 3.39. The lowest BCUT2D eigenvalue weighted by Crippen LogP contribution is -2.51. The second-order valence-corrected chi connectivity index (χ2v) is 9.52. The first-order valence-electron chi connectivity index (χ1n) is 12.5. The number of benzene rings is 1. The third-order valence-electron chi connectivity index (χ3n) is 7.14. The van der Waals surface area contributed by atoms with Gasteiger partial charge in [0.1, 0.15) is 29.7 Å². The van der Waals surface area contributed by atoms with Crippen molar-refractivity contribution in [3.8, 4) is 11.5 Å². The van der Waals surface area contributed by atoms with Crippen LogP contribution >= 0.6 is 0 Å². The minimum absolute atomic E-state index is 0.0602. The predicted octanol–water partition coefficient (Wildman–Crippen LogP) is 4.80. The summed E-state index contributed by atoms with van der Waals surface area (Å²) in [6.07, 6.45) is 5.93. The van der Waals surface area contributed by atoms with Crippen molar-refractivity contribution in [2.75, 3.05) is 18.4 Å². The van der Waals surface area contributed by atoms with Crippen LogP contribution in [0.3, 0.4) is 0 Å². The Morgan fingerprint density at radius 3 is 2.85 bits per heavy atom. The molecule has 5 heterocycles. The molecule has 5 aromatic rings. The number of amides is 1. The van der Waals surface area contributed by atoms with Gasteiger partial charge in [0.15, 0.2) is 17.3 Å². The van der Waals surface area contributed by atoms with E-state index < -0.39 is 5.82 Å². The number of fused-ring (bicyclic) bond motifs is 2. The molecule has 11 heteroatoms. The van der Waals surface area contributed by atoms with Crippen LogP contribution in [0.4, 0.5) is 15.9 Å². The van der Waals surface area contributed by atoms with Crippen molar-refractivity contribution in [3.05, 3.63) is 85.0 Å². The van der Waals surface area contributed by atoms with Gasteiger partial charge in [-0.15, -0.1) is 0 Å². The van der Waals surface area contributed by atoms with Crippen LogP contribution < -0.4 is 10.1 Å². The van der Waals surface area contributed by atoms with E-state index in [9.17, 15) is 4.79 Å². The average molecular weight is 525 g/mol. The highest BCUT2D eigenvalue weighted by atomic mass is 19.1. The molecule has 1 aliphatic heterocycles. The molecule has 1 fully saturated rings. The Morgan fingerprint density at radius 2 is 2.03 bits per heavy atom. The molecule has 0 radical (unpaired) electrons. The minimum atomic E-state index is -0.464. The lowest BCUT2D eigenvalue weighted by atomic mass is 9.84. The molecule has 0 spiro atoms. The largest absolute Gasteiger partial charge is 0.457 e. The number of likely N-dealkylation sites (tertiary alicyclic amines) is 1. The third kappa shape index (κ3) is 4.52. The second kappa shape index (κ2) is 9.75. The van der Waals surface area contributed by atoms with Crippen molar-refractivity contribution >= 4 is 34.1 Å². The Kier molecular flexibility index (Phi) is 6.10. The maximum Gasteiger partial charge on any atom is 0.245 e. The number of anilines is 2. The Balaban J connectivity index is 1.24. The lowest BCUT2D eigenvalue weighted by Gasteiger charge is -2.41. The monoisotopic (exact) mass is 524 g/mol. The summed E-state index contributed by atoms with van der Waals surface area (Å²) >= 11 is 0. The van der Waals surface area contributed by atoms with E-state index >= 15 is 4.39 Å². The third-order valence-corrected chi connectivity index (χ3v) is 7.14. The van der Waals surface area contributed by atoms with Crippen LogP contribution in [-0.4, -0.2) is 53.4 Å². The van der Waals surface area contributed by atoms with E-state index in [0.29, 0.717) is 52.7 Å². The van der Waals surface area contributed by atoms with Crippen molar-refractivity contribution in [2.45, 2.75) is 19.8 Å². The molecule has 1 aliphatic rings. The number of hydrogen-bond donors (Lipinski definition) is 1. The van der Waals surface area contributed by atoms with E-state index in [2.05, 4.69) is 38.9 Å². The zero-order valence-electron chi connectivity index (χ0n) is 21.4. The fourth-order valence-electron chi connectivity index (χ4n) is 4.67. The van der Waals surface area contributed by atoms with Gasteiger partial charge in [-0.2, -0.15) is 5.10 Å². The molecule has 1 saturated heterocycles. The van der Waals surface area contributed by atoms with E-state index in [4.69, 9.17) is 9.72 Å². The van der Waals surface area contributed by atoms with Gasteiger partial charge in [0.25, 0.3) is 0 Å². The molecule has 1 aromatic carbocycles. The molecule has 0 aliphatic carbocycles. The molecular formula is C28H25FN8O2. The van der Waals surface area contributed by atoms with Crippen molar-refractivity contribution in [2.24, 2.45) is 5.92 Å². The molecule has 6 rings (SSSR count). The van der Waals surface area contributed by atoms with Crippen LogP contribution in [0.25, 0.3) is 16.7 Å². The fraction of sp³-hybridized carbons (Fsp3) is 0.214. The van der Waals surface area contributed by atoms with E-state index in [1.54, 1.807) is 46.8 Å². The Morgan fingerprint density at radius 1 is 1.18 bits per heavy atom. The van der Waals surface area contributed by atoms with E-state index in [1.165, 1.54) is 18.7 Å². The van der Waals surface area contributed by atoms with Gasteiger partial charge in [-0.25, -0.2) is 28.8 Å². The van der Waals surface area contributed by atoms with Crippen molar-refractivity contribution in [3.63, 3.8) is 0 Å². The summed E-state index contributed by atoms with van der Waals surface area (Å²) in [5, 5.41) is 7.15. The van der Waals surface area contributed by atoms with E-state index in [0.717, 1.165) is 5.69 Å². The van der Waals surface area contributed by atoms with Crippen LogP contribution in [-0.2, 0) is 4.79 Å². The highest BCUT2D eigenvalue weighted by Crippen LogP contribution is 2.34. The molecule has 1 atom stereocenters. The van der Waals surface area contributed by atoms with Crippen LogP contribution in [0.5, 0.6) is 11.5 Å². The van der Waals surface area contributed by atoms with Gasteiger partial charge in [-0.05, 0) is 43.3 Å². The summed E-state index contributed by atoms with van der Waals surface area (Å²) in [6, 6.07) is 10.6. The smallest absolute Gasteiger partial charge is 0.245 e. The van der Waals surface area contributed by atoms with Gasteiger partial charge < -0.3 is 15.0 Å². The molecular weight excluding hydrogens is 499 g/mol. The number of carbonyl (C=O) groups excluding carboxylic acids is 1. The zero-order chi connectivity index (χ0) is 27.1. The standard InChI is InChI=1S/C28H25FN8O2/c1-4-25(38)36-12-18(13-36)16(2)20-5-6-22-27(34-20)28(32-14-30-22)35-21-7-8-23(17(3)26(21)29)39-19-9-10-37-24(11-19)31-15-33-37/h4-11,14-16,18H,1,12-13H2,2-3H3,(H,30,32,35)/t16-/m1/s1. The summed E-state index contributed by atoms with van der Waals surface area (Å²) < 4.78 is 23.0. The summed E-state index contributed by atoms with van der Waals surface area (Å²) in [7, 11) is 0. The number of carbonyl (C=O) groups is 1. The van der Waals surface area contributed by atoms with Crippen molar-refractivity contribution < 1.29 is 13.9 Å². The Bertz CT molecular complexity index is 1730.